The third-order valence-corrected chi connectivity index (χ3v) is 1.31. The summed E-state index contributed by atoms with van der Waals surface area (Å²) >= 11 is 0. The predicted octanol–water partition coefficient (Wildman–Crippen LogP) is 0.0909. The number of ether oxygens (including phenoxy) is 1. The number of nitrogens with two attached hydrogens (primary N) is 1. The largest absolute Gasteiger partial charge is 0.445 e. The Bertz CT molecular complexity index is 126. The van der Waals surface area contributed by atoms with Crippen LogP contribution in [0.1, 0.15) is 13.3 Å². The van der Waals surface area contributed by atoms with E-state index >= 15 is 0 Å². The third-order valence-electron chi connectivity index (χ3n) is 1.31. The Morgan fingerprint density at radius 1 is 1.89 bits per heavy atom. The van der Waals surface area contributed by atoms with E-state index in [-0.39, 0.29) is 6.10 Å². The van der Waals surface area contributed by atoms with Gasteiger partial charge in [0.15, 0.2) is 0 Å². The summed E-state index contributed by atoms with van der Waals surface area (Å²) < 4.78 is 4.76. The zero-order valence-electron chi connectivity index (χ0n) is 5.33. The van der Waals surface area contributed by atoms with Crippen molar-refractivity contribution in [2.75, 3.05) is 6.54 Å². The first kappa shape index (κ1) is 6.35. The van der Waals surface area contributed by atoms with Crippen LogP contribution >= 0.6 is 0 Å². The number of cyclic esters (lactones) is 1. The van der Waals surface area contributed by atoms with Crippen LogP contribution in [0.2, 0.25) is 0 Å². The molecule has 0 aromatic heterocycles. The zero-order valence-corrected chi connectivity index (χ0v) is 5.33. The van der Waals surface area contributed by atoms with Gasteiger partial charge in [-0.05, 0) is 6.92 Å². The van der Waals surface area contributed by atoms with Crippen LogP contribution in [0.15, 0.2) is 0 Å². The van der Waals surface area contributed by atoms with E-state index in [1.54, 1.807) is 0 Å². The number of hydrogen-bond acceptors (Lipinski definition) is 3. The first-order valence-corrected chi connectivity index (χ1v) is 2.93. The molecule has 1 amide bonds. The quantitative estimate of drug-likeness (QED) is 0.373. The Morgan fingerprint density at radius 2 is 2.56 bits per heavy atom. The van der Waals surface area contributed by atoms with Crippen LogP contribution < -0.4 is 5.84 Å². The van der Waals surface area contributed by atoms with Crippen LogP contribution in [0.3, 0.4) is 0 Å². The van der Waals surface area contributed by atoms with Gasteiger partial charge in [-0.2, -0.15) is 0 Å². The molecule has 4 heteroatoms. The van der Waals surface area contributed by atoms with E-state index in [0.29, 0.717) is 6.54 Å². The highest BCUT2D eigenvalue weighted by atomic mass is 16.6. The van der Waals surface area contributed by atoms with Crippen molar-refractivity contribution in [2.24, 2.45) is 5.84 Å². The minimum absolute atomic E-state index is 0.0253. The van der Waals surface area contributed by atoms with E-state index in [0.717, 1.165) is 11.4 Å². The Balaban J connectivity index is 2.44. The maximum Gasteiger partial charge on any atom is 0.424 e. The monoisotopic (exact) mass is 130 g/mol. The summed E-state index contributed by atoms with van der Waals surface area (Å²) in [6.07, 6.45) is 0.424. The summed E-state index contributed by atoms with van der Waals surface area (Å²) in [7, 11) is 0. The van der Waals surface area contributed by atoms with Crippen molar-refractivity contribution < 1.29 is 9.53 Å². The molecule has 1 rings (SSSR count). The van der Waals surface area contributed by atoms with E-state index in [2.05, 4.69) is 0 Å². The lowest BCUT2D eigenvalue weighted by Gasteiger charge is -2.25. The Hall–Kier alpha value is -0.770. The highest BCUT2D eigenvalue weighted by molar-refractivity contribution is 5.67. The van der Waals surface area contributed by atoms with E-state index in [1.807, 2.05) is 6.92 Å². The van der Waals surface area contributed by atoms with Crippen LogP contribution in [0.25, 0.3) is 0 Å². The van der Waals surface area contributed by atoms with E-state index < -0.39 is 6.09 Å². The summed E-state index contributed by atoms with van der Waals surface area (Å²) in [6, 6.07) is 0. The third kappa shape index (κ3) is 1.32. The second-order valence-electron chi connectivity index (χ2n) is 2.18. The first-order chi connectivity index (χ1) is 4.20. The molecule has 2 N–H and O–H groups in total. The van der Waals surface area contributed by atoms with Crippen molar-refractivity contribution in [1.82, 2.24) is 5.01 Å². The van der Waals surface area contributed by atoms with E-state index in [9.17, 15) is 4.79 Å². The van der Waals surface area contributed by atoms with Gasteiger partial charge in [0, 0.05) is 13.0 Å². The molecule has 4 nitrogen and oxygen atoms in total. The fraction of sp³-hybridized carbons (Fsp3) is 0.800. The molecule has 0 aromatic rings. The van der Waals surface area contributed by atoms with Gasteiger partial charge in [0.2, 0.25) is 0 Å². The van der Waals surface area contributed by atoms with Crippen molar-refractivity contribution in [3.63, 3.8) is 0 Å². The smallest absolute Gasteiger partial charge is 0.424 e. The SMILES string of the molecule is CC1CCN(N)C(=O)O1. The Labute approximate surface area is 53.5 Å². The Morgan fingerprint density at radius 3 is 3.00 bits per heavy atom. The summed E-state index contributed by atoms with van der Waals surface area (Å²) in [6.45, 7) is 2.45. The van der Waals surface area contributed by atoms with Crippen LogP contribution in [0, 0.1) is 0 Å². The van der Waals surface area contributed by atoms with Crippen LogP contribution in [0.4, 0.5) is 4.79 Å². The molecule has 0 aliphatic carbocycles. The van der Waals surface area contributed by atoms with Crippen molar-refractivity contribution in [1.29, 1.82) is 0 Å². The second kappa shape index (κ2) is 2.23. The number of hydrazine groups is 1. The van der Waals surface area contributed by atoms with Crippen molar-refractivity contribution in [3.05, 3.63) is 0 Å². The van der Waals surface area contributed by atoms with Gasteiger partial charge in [-0.1, -0.05) is 0 Å². The predicted molar refractivity (Wildman–Crippen MR) is 31.5 cm³/mol. The molecule has 1 heterocycles. The zero-order chi connectivity index (χ0) is 6.85. The molecule has 0 radical (unpaired) electrons. The molecule has 0 bridgehead atoms. The average Bonchev–Trinajstić information content (AvgIpc) is 1.80. The minimum Gasteiger partial charge on any atom is -0.445 e. The number of amides is 1. The lowest BCUT2D eigenvalue weighted by molar-refractivity contribution is 0.0331. The molecule has 9 heavy (non-hydrogen) atoms. The van der Waals surface area contributed by atoms with Crippen molar-refractivity contribution in [2.45, 2.75) is 19.4 Å². The van der Waals surface area contributed by atoms with E-state index in [1.165, 1.54) is 0 Å². The minimum atomic E-state index is -0.422. The van der Waals surface area contributed by atoms with Crippen LogP contribution in [0.5, 0.6) is 0 Å². The number of nitrogens with zero attached hydrogens (tertiary/aromatic N) is 1. The molecular weight excluding hydrogens is 120 g/mol. The highest BCUT2D eigenvalue weighted by Crippen LogP contribution is 2.06. The summed E-state index contributed by atoms with van der Waals surface area (Å²) in [4.78, 5) is 10.6. The fourth-order valence-electron chi connectivity index (χ4n) is 0.711. The molecule has 52 valence electrons. The molecule has 0 spiro atoms. The maximum absolute atomic E-state index is 10.6. The molecular formula is C5H10N2O2. The summed E-state index contributed by atoms with van der Waals surface area (Å²) in [5, 5.41) is 1.08. The number of carbonyl (C=O) groups excluding carboxylic acids is 1. The summed E-state index contributed by atoms with van der Waals surface area (Å²) in [5.41, 5.74) is 0. The molecule has 1 fully saturated rings. The van der Waals surface area contributed by atoms with Gasteiger partial charge in [0.1, 0.15) is 6.10 Å². The molecule has 1 aliphatic heterocycles. The molecule has 1 saturated heterocycles. The van der Waals surface area contributed by atoms with Gasteiger partial charge in [0.25, 0.3) is 0 Å². The maximum atomic E-state index is 10.6. The lowest BCUT2D eigenvalue weighted by atomic mass is 10.2. The van der Waals surface area contributed by atoms with Crippen molar-refractivity contribution >= 4 is 6.09 Å². The standard InChI is InChI=1S/C5H10N2O2/c1-4-2-3-7(6)5(8)9-4/h4H,2-3,6H2,1H3. The first-order valence-electron chi connectivity index (χ1n) is 2.93. The Kier molecular flexibility index (Phi) is 1.57. The molecule has 1 atom stereocenters. The van der Waals surface area contributed by atoms with Gasteiger partial charge in [-0.25, -0.2) is 15.6 Å². The number of carbonyl (C=O) groups is 1. The van der Waals surface area contributed by atoms with Gasteiger partial charge in [-0.3, -0.25) is 0 Å². The molecule has 0 aromatic carbocycles. The summed E-state index contributed by atoms with van der Waals surface area (Å²) in [5.74, 6) is 5.20. The van der Waals surface area contributed by atoms with E-state index in [4.69, 9.17) is 10.6 Å². The van der Waals surface area contributed by atoms with Gasteiger partial charge in [0.05, 0.1) is 0 Å². The second-order valence-corrected chi connectivity index (χ2v) is 2.18. The molecule has 0 saturated carbocycles. The number of hydrogen-bond donors (Lipinski definition) is 1. The fourth-order valence-corrected chi connectivity index (χ4v) is 0.711. The van der Waals surface area contributed by atoms with Gasteiger partial charge in [-0.15, -0.1) is 0 Å². The topological polar surface area (TPSA) is 55.6 Å². The molecule has 1 unspecified atom stereocenters. The number of rotatable bonds is 0. The lowest BCUT2D eigenvalue weighted by Crippen LogP contribution is -2.45. The van der Waals surface area contributed by atoms with Crippen LogP contribution in [-0.2, 0) is 4.74 Å². The van der Waals surface area contributed by atoms with Crippen molar-refractivity contribution in [3.8, 4) is 0 Å². The normalized spacial score (nSPS) is 28.0. The highest BCUT2D eigenvalue weighted by Gasteiger charge is 2.20. The van der Waals surface area contributed by atoms with Crippen LogP contribution in [-0.4, -0.2) is 23.8 Å². The van der Waals surface area contributed by atoms with Gasteiger partial charge >= 0.3 is 6.09 Å². The average molecular weight is 130 g/mol. The van der Waals surface area contributed by atoms with Gasteiger partial charge < -0.3 is 4.74 Å². The molecule has 1 aliphatic rings.